The fraction of sp³-hybridized carbons (Fsp3) is 0.391. The first-order valence-corrected chi connectivity index (χ1v) is 10.5. The molecule has 4 rings (SSSR count). The predicted molar refractivity (Wildman–Crippen MR) is 119 cm³/mol. The smallest absolute Gasteiger partial charge is 0.416 e. The Kier molecular flexibility index (Phi) is 6.20. The van der Waals surface area contributed by atoms with Gasteiger partial charge in [-0.15, -0.1) is 0 Å². The van der Waals surface area contributed by atoms with E-state index in [4.69, 9.17) is 19.9 Å². The second-order valence-corrected chi connectivity index (χ2v) is 8.04. The van der Waals surface area contributed by atoms with Crippen LogP contribution in [0.5, 0.6) is 11.5 Å². The van der Waals surface area contributed by atoms with Crippen LogP contribution in [0.3, 0.4) is 0 Å². The molecule has 0 spiro atoms. The largest absolute Gasteiger partial charge is 0.487 e. The molecule has 2 heterocycles. The summed E-state index contributed by atoms with van der Waals surface area (Å²) in [6, 6.07) is 6.56. The first-order chi connectivity index (χ1) is 15.6. The van der Waals surface area contributed by atoms with Crippen LogP contribution in [0, 0.1) is 6.92 Å². The zero-order valence-electron chi connectivity index (χ0n) is 18.5. The Hall–Kier alpha value is -3.27. The van der Waals surface area contributed by atoms with Crippen molar-refractivity contribution in [1.82, 2.24) is 9.97 Å². The van der Waals surface area contributed by atoms with Crippen LogP contribution in [0.25, 0.3) is 10.9 Å². The van der Waals surface area contributed by atoms with Crippen molar-refractivity contribution in [3.63, 3.8) is 0 Å². The van der Waals surface area contributed by atoms with E-state index in [2.05, 4.69) is 15.3 Å². The van der Waals surface area contributed by atoms with E-state index in [0.717, 1.165) is 12.1 Å². The van der Waals surface area contributed by atoms with Crippen LogP contribution in [0.2, 0.25) is 0 Å². The highest BCUT2D eigenvalue weighted by Crippen LogP contribution is 2.37. The molecule has 0 saturated carbocycles. The van der Waals surface area contributed by atoms with Crippen LogP contribution in [0.15, 0.2) is 30.3 Å². The molecule has 3 N–H and O–H groups in total. The second kappa shape index (κ2) is 8.93. The number of nitrogen functional groups attached to an aromatic ring is 1. The SMILES string of the molecule is Cc1nc(N[C@H](C)c2cc(N)cc(C(F)(F)F)c2)c2cc3c(cc2n1)OCCOC[C@@H](C)O3. The fourth-order valence-corrected chi connectivity index (χ4v) is 3.66. The number of anilines is 2. The van der Waals surface area contributed by atoms with Crippen LogP contribution in [-0.4, -0.2) is 35.9 Å². The molecule has 0 amide bonds. The maximum Gasteiger partial charge on any atom is 0.416 e. The molecular weight excluding hydrogens is 437 g/mol. The summed E-state index contributed by atoms with van der Waals surface area (Å²) in [5.74, 6) is 2.03. The van der Waals surface area contributed by atoms with Gasteiger partial charge >= 0.3 is 6.18 Å². The maximum atomic E-state index is 13.3. The highest BCUT2D eigenvalue weighted by Gasteiger charge is 2.31. The number of nitrogens with two attached hydrogens (primary N) is 1. The Morgan fingerprint density at radius 2 is 1.88 bits per heavy atom. The second-order valence-electron chi connectivity index (χ2n) is 8.04. The molecule has 2 aromatic carbocycles. The summed E-state index contributed by atoms with van der Waals surface area (Å²) in [5.41, 5.74) is 5.99. The molecule has 0 saturated heterocycles. The van der Waals surface area contributed by atoms with Gasteiger partial charge in [-0.25, -0.2) is 9.97 Å². The molecular formula is C23H25F3N4O3. The van der Waals surface area contributed by atoms with E-state index >= 15 is 0 Å². The molecule has 0 radical (unpaired) electrons. The lowest BCUT2D eigenvalue weighted by molar-refractivity contribution is -0.137. The van der Waals surface area contributed by atoms with Gasteiger partial charge in [0, 0.05) is 17.1 Å². The topological polar surface area (TPSA) is 91.5 Å². The number of hydrogen-bond donors (Lipinski definition) is 2. The van der Waals surface area contributed by atoms with Crippen molar-refractivity contribution in [3.05, 3.63) is 47.3 Å². The Morgan fingerprint density at radius 1 is 1.09 bits per heavy atom. The number of alkyl halides is 3. The van der Waals surface area contributed by atoms with Gasteiger partial charge in [0.1, 0.15) is 24.4 Å². The molecule has 10 heteroatoms. The third kappa shape index (κ3) is 5.22. The molecule has 2 atom stereocenters. The van der Waals surface area contributed by atoms with Gasteiger partial charge < -0.3 is 25.3 Å². The number of nitrogens with zero attached hydrogens (tertiary/aromatic N) is 2. The Bertz CT molecular complexity index is 1170. The summed E-state index contributed by atoms with van der Waals surface area (Å²) in [5, 5.41) is 3.87. The first-order valence-electron chi connectivity index (χ1n) is 10.5. The average molecular weight is 462 g/mol. The van der Waals surface area contributed by atoms with Gasteiger partial charge in [-0.3, -0.25) is 0 Å². The van der Waals surface area contributed by atoms with Crippen molar-refractivity contribution < 1.29 is 27.4 Å². The third-order valence-electron chi connectivity index (χ3n) is 5.20. The van der Waals surface area contributed by atoms with E-state index in [1.165, 1.54) is 6.07 Å². The molecule has 1 aromatic heterocycles. The van der Waals surface area contributed by atoms with Crippen molar-refractivity contribution in [2.24, 2.45) is 0 Å². The Labute approximate surface area is 189 Å². The Balaban J connectivity index is 1.73. The van der Waals surface area contributed by atoms with E-state index < -0.39 is 17.8 Å². The minimum absolute atomic E-state index is 0.0383. The zero-order valence-corrected chi connectivity index (χ0v) is 18.5. The van der Waals surface area contributed by atoms with E-state index in [1.54, 1.807) is 26.0 Å². The van der Waals surface area contributed by atoms with Crippen molar-refractivity contribution in [2.45, 2.75) is 39.1 Å². The standard InChI is InChI=1S/C23H25F3N4O3/c1-12-11-31-4-5-32-20-10-19-18(9-21(20)33-12)22(30-14(3)29-19)28-13(2)15-6-16(23(24,25)26)8-17(27)7-15/h6-10,12-13H,4-5,11,27H2,1-3H3,(H,28,29,30)/t12-,13-/m1/s1. The summed E-state index contributed by atoms with van der Waals surface area (Å²) in [7, 11) is 0. The molecule has 7 nitrogen and oxygen atoms in total. The van der Waals surface area contributed by atoms with E-state index in [0.29, 0.717) is 59.4 Å². The molecule has 0 aliphatic carbocycles. The van der Waals surface area contributed by atoms with E-state index in [9.17, 15) is 13.2 Å². The van der Waals surface area contributed by atoms with Crippen molar-refractivity contribution in [2.75, 3.05) is 30.9 Å². The normalized spacial score (nSPS) is 17.7. The van der Waals surface area contributed by atoms with Gasteiger partial charge in [-0.1, -0.05) is 0 Å². The number of benzene rings is 2. The zero-order chi connectivity index (χ0) is 23.8. The lowest BCUT2D eigenvalue weighted by Gasteiger charge is -2.20. The highest BCUT2D eigenvalue weighted by molar-refractivity contribution is 5.92. The van der Waals surface area contributed by atoms with Crippen LogP contribution in [-0.2, 0) is 10.9 Å². The number of aryl methyl sites for hydroxylation is 1. The number of halogens is 3. The number of hydrogen-bond acceptors (Lipinski definition) is 7. The summed E-state index contributed by atoms with van der Waals surface area (Å²) < 4.78 is 57.1. The Morgan fingerprint density at radius 3 is 2.64 bits per heavy atom. The van der Waals surface area contributed by atoms with Gasteiger partial charge in [0.15, 0.2) is 11.5 Å². The van der Waals surface area contributed by atoms with E-state index in [1.807, 2.05) is 6.92 Å². The van der Waals surface area contributed by atoms with Crippen molar-refractivity contribution >= 4 is 22.4 Å². The number of nitrogens with one attached hydrogen (secondary N) is 1. The van der Waals surface area contributed by atoms with Crippen LogP contribution >= 0.6 is 0 Å². The number of rotatable bonds is 3. The molecule has 0 unspecified atom stereocenters. The summed E-state index contributed by atoms with van der Waals surface area (Å²) in [6.45, 7) is 6.62. The molecule has 176 valence electrons. The van der Waals surface area contributed by atoms with Gasteiger partial charge in [0.05, 0.1) is 30.3 Å². The average Bonchev–Trinajstić information content (AvgIpc) is 2.81. The van der Waals surface area contributed by atoms with Gasteiger partial charge in [0.25, 0.3) is 0 Å². The molecule has 1 aliphatic heterocycles. The number of fused-ring (bicyclic) bond motifs is 2. The maximum absolute atomic E-state index is 13.3. The minimum atomic E-state index is -4.49. The highest BCUT2D eigenvalue weighted by atomic mass is 19.4. The van der Waals surface area contributed by atoms with E-state index in [-0.39, 0.29) is 11.8 Å². The van der Waals surface area contributed by atoms with Crippen LogP contribution in [0.1, 0.15) is 36.8 Å². The number of aromatic nitrogens is 2. The predicted octanol–water partition coefficient (Wildman–Crippen LogP) is 4.89. The number of ether oxygens (including phenoxy) is 3. The van der Waals surface area contributed by atoms with Crippen molar-refractivity contribution in [3.8, 4) is 11.5 Å². The third-order valence-corrected chi connectivity index (χ3v) is 5.20. The summed E-state index contributed by atoms with van der Waals surface area (Å²) in [6.07, 6.45) is -4.69. The van der Waals surface area contributed by atoms with Crippen molar-refractivity contribution in [1.29, 1.82) is 0 Å². The summed E-state index contributed by atoms with van der Waals surface area (Å²) in [4.78, 5) is 8.99. The monoisotopic (exact) mass is 462 g/mol. The van der Waals surface area contributed by atoms with Crippen LogP contribution in [0.4, 0.5) is 24.7 Å². The lowest BCUT2D eigenvalue weighted by Crippen LogP contribution is -2.19. The van der Waals surface area contributed by atoms with Gasteiger partial charge in [-0.2, -0.15) is 13.2 Å². The minimum Gasteiger partial charge on any atom is -0.487 e. The van der Waals surface area contributed by atoms with Crippen LogP contribution < -0.4 is 20.5 Å². The molecule has 1 aliphatic rings. The quantitative estimate of drug-likeness (QED) is 0.536. The molecule has 0 bridgehead atoms. The lowest BCUT2D eigenvalue weighted by atomic mass is 10.0. The molecule has 33 heavy (non-hydrogen) atoms. The molecule has 3 aromatic rings. The van der Waals surface area contributed by atoms with Gasteiger partial charge in [-0.05, 0) is 50.6 Å². The first kappa shape index (κ1) is 22.9. The summed E-state index contributed by atoms with van der Waals surface area (Å²) >= 11 is 0. The molecule has 0 fully saturated rings. The fourth-order valence-electron chi connectivity index (χ4n) is 3.66. The van der Waals surface area contributed by atoms with Gasteiger partial charge in [0.2, 0.25) is 0 Å².